The molecule has 0 aromatic rings. The van der Waals surface area contributed by atoms with E-state index in [2.05, 4.69) is 0 Å². The highest BCUT2D eigenvalue weighted by Gasteiger charge is 2.72. The van der Waals surface area contributed by atoms with Gasteiger partial charge in [-0.15, -0.1) is 0 Å². The molecule has 0 aromatic carbocycles. The summed E-state index contributed by atoms with van der Waals surface area (Å²) in [4.78, 5) is 0. The van der Waals surface area contributed by atoms with Gasteiger partial charge in [0, 0.05) is 6.42 Å². The topological polar surface area (TPSA) is 0 Å². The van der Waals surface area contributed by atoms with Crippen molar-refractivity contribution in [3.05, 3.63) is 0 Å². The van der Waals surface area contributed by atoms with Gasteiger partial charge in [0.1, 0.15) is 0 Å². The van der Waals surface area contributed by atoms with Crippen molar-refractivity contribution >= 4 is 0 Å². The normalized spacial score (nSPS) is 18.4. The molecule has 24 heavy (non-hydrogen) atoms. The van der Waals surface area contributed by atoms with E-state index in [1.54, 1.807) is 0 Å². The molecule has 2 atom stereocenters. The minimum absolute atomic E-state index is 0.261. The average molecular weight is 382 g/mol. The molecular formula is C13H17F11. The fourth-order valence-corrected chi connectivity index (χ4v) is 2.07. The van der Waals surface area contributed by atoms with Crippen LogP contribution in [-0.2, 0) is 0 Å². The Labute approximate surface area is 131 Å². The van der Waals surface area contributed by atoms with Gasteiger partial charge in [-0.3, -0.25) is 0 Å². The first-order chi connectivity index (χ1) is 10.4. The van der Waals surface area contributed by atoms with Gasteiger partial charge < -0.3 is 0 Å². The molecule has 0 spiro atoms. The van der Waals surface area contributed by atoms with E-state index >= 15 is 0 Å². The van der Waals surface area contributed by atoms with Crippen molar-refractivity contribution in [1.29, 1.82) is 0 Å². The van der Waals surface area contributed by atoms with Crippen LogP contribution in [0.25, 0.3) is 0 Å². The molecule has 0 aliphatic rings. The van der Waals surface area contributed by atoms with Crippen molar-refractivity contribution in [2.45, 2.75) is 75.8 Å². The smallest absolute Gasteiger partial charge is 0.234 e. The Morgan fingerprint density at radius 2 is 1.08 bits per heavy atom. The van der Waals surface area contributed by atoms with E-state index in [-0.39, 0.29) is 13.3 Å². The van der Waals surface area contributed by atoms with E-state index in [9.17, 15) is 48.3 Å². The highest BCUT2D eigenvalue weighted by atomic mass is 19.4. The Hall–Kier alpha value is -0.770. The van der Waals surface area contributed by atoms with Crippen LogP contribution >= 0.6 is 0 Å². The van der Waals surface area contributed by atoms with Gasteiger partial charge >= 0.3 is 18.5 Å². The third-order valence-corrected chi connectivity index (χ3v) is 3.71. The van der Waals surface area contributed by atoms with Crippen molar-refractivity contribution in [1.82, 2.24) is 0 Å². The Morgan fingerprint density at radius 1 is 0.667 bits per heavy atom. The molecule has 0 radical (unpaired) electrons. The van der Waals surface area contributed by atoms with Crippen LogP contribution in [0.1, 0.15) is 46.0 Å². The van der Waals surface area contributed by atoms with Gasteiger partial charge in [0.2, 0.25) is 5.67 Å². The summed E-state index contributed by atoms with van der Waals surface area (Å²) in [5.41, 5.74) is -8.89. The van der Waals surface area contributed by atoms with Crippen LogP contribution in [-0.4, -0.2) is 29.9 Å². The molecule has 0 fully saturated rings. The molecule has 0 aromatic heterocycles. The van der Waals surface area contributed by atoms with E-state index in [4.69, 9.17) is 0 Å². The summed E-state index contributed by atoms with van der Waals surface area (Å²) >= 11 is 0. The molecule has 0 rings (SSSR count). The summed E-state index contributed by atoms with van der Waals surface area (Å²) < 4.78 is 138. The Morgan fingerprint density at radius 3 is 1.42 bits per heavy atom. The van der Waals surface area contributed by atoms with Crippen LogP contribution in [0.3, 0.4) is 0 Å². The van der Waals surface area contributed by atoms with Gasteiger partial charge in [-0.05, 0) is 25.7 Å². The summed E-state index contributed by atoms with van der Waals surface area (Å²) in [5, 5.41) is 0. The van der Waals surface area contributed by atoms with Gasteiger partial charge in [-0.25, -0.2) is 8.78 Å². The Bertz CT molecular complexity index is 374. The second-order valence-electron chi connectivity index (χ2n) is 6.05. The zero-order chi connectivity index (χ0) is 19.6. The van der Waals surface area contributed by atoms with Crippen LogP contribution in [0.2, 0.25) is 0 Å². The zero-order valence-electron chi connectivity index (χ0n) is 12.8. The molecule has 2 unspecified atom stereocenters. The summed E-state index contributed by atoms with van der Waals surface area (Å²) in [7, 11) is 0. The Kier molecular flexibility index (Phi) is 7.00. The lowest BCUT2D eigenvalue weighted by Crippen LogP contribution is -2.54. The third kappa shape index (κ3) is 5.65. The summed E-state index contributed by atoms with van der Waals surface area (Å²) in [6, 6.07) is 0. The van der Waals surface area contributed by atoms with Crippen LogP contribution in [0, 0.1) is 5.92 Å². The molecule has 0 bridgehead atoms. The van der Waals surface area contributed by atoms with E-state index in [1.165, 1.54) is 0 Å². The molecule has 146 valence electrons. The number of hydrogen-bond donors (Lipinski definition) is 0. The fraction of sp³-hybridized carbons (Fsp3) is 1.00. The molecule has 0 aliphatic carbocycles. The van der Waals surface area contributed by atoms with Crippen LogP contribution in [0.5, 0.6) is 0 Å². The summed E-state index contributed by atoms with van der Waals surface area (Å²) in [5.74, 6) is -1.41. The van der Waals surface area contributed by atoms with Crippen molar-refractivity contribution in [3.8, 4) is 0 Å². The number of halogens is 11. The predicted octanol–water partition coefficient (Wildman–Crippen LogP) is 6.70. The molecule has 0 saturated heterocycles. The molecule has 0 aliphatic heterocycles. The molecule has 11 heteroatoms. The number of unbranched alkanes of at least 4 members (excludes halogenated alkanes) is 1. The lowest BCUT2D eigenvalue weighted by molar-refractivity contribution is -0.345. The highest BCUT2D eigenvalue weighted by Crippen LogP contribution is 2.50. The first-order valence-corrected chi connectivity index (χ1v) is 6.93. The number of hydrogen-bond acceptors (Lipinski definition) is 0. The molecule has 0 N–H and O–H groups in total. The number of alkyl halides is 11. The molecular weight excluding hydrogens is 365 g/mol. The van der Waals surface area contributed by atoms with E-state index in [0.29, 0.717) is 0 Å². The van der Waals surface area contributed by atoms with Gasteiger partial charge in [-0.1, -0.05) is 19.8 Å². The fourth-order valence-electron chi connectivity index (χ4n) is 2.07. The molecule has 0 amide bonds. The van der Waals surface area contributed by atoms with Crippen LogP contribution in [0.4, 0.5) is 48.3 Å². The highest BCUT2D eigenvalue weighted by molar-refractivity contribution is 4.95. The van der Waals surface area contributed by atoms with Crippen molar-refractivity contribution in [3.63, 3.8) is 0 Å². The Balaban J connectivity index is 4.62. The SMILES string of the molecule is CC(CCCCC(C)(F)C(F)(F)F)CC(F)(C(F)(F)F)C(F)(F)F. The quantitative estimate of drug-likeness (QED) is 0.340. The second kappa shape index (κ2) is 7.23. The standard InChI is InChI=1S/C13H17F11/c1-8(5-3-4-6-9(2,14)11(16,17)18)7-10(15,12(19,20)21)13(22,23)24/h8H,3-7H2,1-2H3. The van der Waals surface area contributed by atoms with Gasteiger partial charge in [0.15, 0.2) is 0 Å². The first kappa shape index (κ1) is 23.2. The van der Waals surface area contributed by atoms with Gasteiger partial charge in [0.05, 0.1) is 0 Å². The molecule has 0 heterocycles. The van der Waals surface area contributed by atoms with E-state index in [1.807, 2.05) is 0 Å². The maximum absolute atomic E-state index is 13.5. The van der Waals surface area contributed by atoms with Gasteiger partial charge in [0.25, 0.3) is 5.67 Å². The largest absolute Gasteiger partial charge is 0.431 e. The minimum atomic E-state index is -6.16. The van der Waals surface area contributed by atoms with Crippen molar-refractivity contribution in [2.75, 3.05) is 0 Å². The first-order valence-electron chi connectivity index (χ1n) is 6.93. The maximum atomic E-state index is 13.5. The van der Waals surface area contributed by atoms with Crippen LogP contribution < -0.4 is 0 Å². The predicted molar refractivity (Wildman–Crippen MR) is 63.8 cm³/mol. The third-order valence-electron chi connectivity index (χ3n) is 3.71. The summed E-state index contributed by atoms with van der Waals surface area (Å²) in [6.45, 7) is 1.21. The lowest BCUT2D eigenvalue weighted by Gasteiger charge is -2.32. The van der Waals surface area contributed by atoms with Gasteiger partial charge in [-0.2, -0.15) is 39.5 Å². The summed E-state index contributed by atoms with van der Waals surface area (Å²) in [6.07, 6.45) is -21.4. The molecule has 0 nitrogen and oxygen atoms in total. The van der Waals surface area contributed by atoms with Crippen LogP contribution in [0.15, 0.2) is 0 Å². The monoisotopic (exact) mass is 382 g/mol. The van der Waals surface area contributed by atoms with E-state index < -0.39 is 61.5 Å². The molecule has 0 saturated carbocycles. The van der Waals surface area contributed by atoms with Crippen molar-refractivity contribution in [2.24, 2.45) is 5.92 Å². The minimum Gasteiger partial charge on any atom is -0.234 e. The second-order valence-corrected chi connectivity index (χ2v) is 6.05. The van der Waals surface area contributed by atoms with Crippen molar-refractivity contribution < 1.29 is 48.3 Å². The average Bonchev–Trinajstić information content (AvgIpc) is 2.30. The maximum Gasteiger partial charge on any atom is 0.431 e. The number of rotatable bonds is 7. The zero-order valence-corrected chi connectivity index (χ0v) is 12.8. The lowest BCUT2D eigenvalue weighted by atomic mass is 9.88. The van der Waals surface area contributed by atoms with E-state index in [0.717, 1.165) is 6.92 Å².